The molecule has 0 aromatic heterocycles. The third-order valence-corrected chi connectivity index (χ3v) is 5.11. The predicted molar refractivity (Wildman–Crippen MR) is 108 cm³/mol. The van der Waals surface area contributed by atoms with Gasteiger partial charge in [-0.1, -0.05) is 30.3 Å². The zero-order chi connectivity index (χ0) is 19.3. The summed E-state index contributed by atoms with van der Waals surface area (Å²) >= 11 is 0. The van der Waals surface area contributed by atoms with Crippen molar-refractivity contribution in [2.75, 3.05) is 26.2 Å². The lowest BCUT2D eigenvalue weighted by atomic mass is 9.87. The van der Waals surface area contributed by atoms with E-state index in [1.54, 1.807) is 6.07 Å². The Bertz CT molecular complexity index is 968. The lowest BCUT2D eigenvalue weighted by molar-refractivity contribution is 0.0292. The number of nitriles is 1. The first-order chi connectivity index (χ1) is 13.8. The van der Waals surface area contributed by atoms with Gasteiger partial charge in [0.05, 0.1) is 18.3 Å². The fourth-order valence-electron chi connectivity index (χ4n) is 3.76. The van der Waals surface area contributed by atoms with Crippen LogP contribution in [0.5, 0.6) is 0 Å². The quantitative estimate of drug-likeness (QED) is 0.860. The van der Waals surface area contributed by atoms with Crippen molar-refractivity contribution in [2.45, 2.75) is 12.5 Å². The predicted octanol–water partition coefficient (Wildman–Crippen LogP) is 3.40. The molecular weight excluding hydrogens is 353 g/mol. The van der Waals surface area contributed by atoms with Gasteiger partial charge in [-0.2, -0.15) is 5.26 Å². The van der Waals surface area contributed by atoms with E-state index in [1.165, 1.54) is 11.6 Å². The minimum absolute atomic E-state index is 0.0594. The number of hydrogen-bond acceptors (Lipinski definition) is 4. The highest BCUT2D eigenvalue weighted by Crippen LogP contribution is 2.34. The van der Waals surface area contributed by atoms with E-state index in [9.17, 15) is 4.39 Å². The molecule has 0 aliphatic carbocycles. The summed E-state index contributed by atoms with van der Waals surface area (Å²) in [5.74, 6) is -0.494. The average Bonchev–Trinajstić information content (AvgIpc) is 2.75. The van der Waals surface area contributed by atoms with Crippen molar-refractivity contribution in [3.8, 4) is 17.2 Å². The van der Waals surface area contributed by atoms with E-state index < -0.39 is 5.82 Å². The summed E-state index contributed by atoms with van der Waals surface area (Å²) in [6.45, 7) is 3.18. The number of nitrogens with one attached hydrogen (secondary N) is 2. The van der Waals surface area contributed by atoms with Crippen LogP contribution in [0.3, 0.4) is 0 Å². The summed E-state index contributed by atoms with van der Waals surface area (Å²) in [6.07, 6.45) is 7.03. The van der Waals surface area contributed by atoms with E-state index >= 15 is 0 Å². The van der Waals surface area contributed by atoms with Crippen molar-refractivity contribution in [1.29, 1.82) is 5.26 Å². The van der Waals surface area contributed by atoms with Crippen LogP contribution in [0.2, 0.25) is 0 Å². The maximum atomic E-state index is 14.3. The maximum absolute atomic E-state index is 14.3. The van der Waals surface area contributed by atoms with E-state index in [1.807, 2.05) is 36.5 Å². The molecule has 2 aromatic carbocycles. The van der Waals surface area contributed by atoms with Crippen molar-refractivity contribution < 1.29 is 9.13 Å². The average molecular weight is 375 g/mol. The van der Waals surface area contributed by atoms with Gasteiger partial charge < -0.3 is 15.4 Å². The third-order valence-electron chi connectivity index (χ3n) is 5.11. The summed E-state index contributed by atoms with van der Waals surface area (Å²) in [5.41, 5.74) is 5.17. The van der Waals surface area contributed by atoms with Gasteiger partial charge in [0, 0.05) is 26.1 Å². The van der Waals surface area contributed by atoms with Crippen LogP contribution < -0.4 is 10.6 Å². The number of allylic oxidation sites excluding steroid dienone is 2. The zero-order valence-electron chi connectivity index (χ0n) is 15.5. The Morgan fingerprint density at radius 3 is 2.89 bits per heavy atom. The van der Waals surface area contributed by atoms with Gasteiger partial charge in [0.1, 0.15) is 11.9 Å². The number of dihydropyridines is 1. The Labute approximate surface area is 164 Å². The second kappa shape index (κ2) is 8.39. The van der Waals surface area contributed by atoms with Gasteiger partial charge in [0.15, 0.2) is 0 Å². The topological polar surface area (TPSA) is 57.1 Å². The van der Waals surface area contributed by atoms with Gasteiger partial charge in [-0.25, -0.2) is 4.39 Å². The van der Waals surface area contributed by atoms with Crippen LogP contribution in [0.25, 0.3) is 16.7 Å². The third kappa shape index (κ3) is 3.84. The van der Waals surface area contributed by atoms with Crippen molar-refractivity contribution >= 4 is 5.57 Å². The first kappa shape index (κ1) is 18.4. The van der Waals surface area contributed by atoms with Crippen LogP contribution in [-0.4, -0.2) is 32.3 Å². The lowest BCUT2D eigenvalue weighted by Crippen LogP contribution is -2.39. The normalized spacial score (nSPS) is 18.9. The van der Waals surface area contributed by atoms with Gasteiger partial charge in [-0.15, -0.1) is 0 Å². The SMILES string of the molecule is N#Cc1ccc(-c2cccc(CC3CNCCO3)c2C2=CCNC=C2)cc1F. The number of morpholine rings is 1. The molecule has 0 amide bonds. The molecule has 4 nitrogen and oxygen atoms in total. The van der Waals surface area contributed by atoms with Crippen LogP contribution in [0, 0.1) is 17.1 Å². The van der Waals surface area contributed by atoms with Crippen molar-refractivity contribution in [3.63, 3.8) is 0 Å². The monoisotopic (exact) mass is 375 g/mol. The fraction of sp³-hybridized carbons (Fsp3) is 0.261. The molecule has 5 heteroatoms. The van der Waals surface area contributed by atoms with E-state index in [-0.39, 0.29) is 11.7 Å². The molecule has 0 spiro atoms. The van der Waals surface area contributed by atoms with Crippen LogP contribution in [0.4, 0.5) is 4.39 Å². The van der Waals surface area contributed by atoms with Crippen LogP contribution in [-0.2, 0) is 11.2 Å². The molecule has 2 aliphatic rings. The molecule has 0 saturated carbocycles. The molecule has 2 aliphatic heterocycles. The Balaban J connectivity index is 1.80. The zero-order valence-corrected chi connectivity index (χ0v) is 15.5. The molecule has 2 N–H and O–H groups in total. The summed E-state index contributed by atoms with van der Waals surface area (Å²) in [5, 5.41) is 15.6. The van der Waals surface area contributed by atoms with Crippen LogP contribution >= 0.6 is 0 Å². The molecular formula is C23H22FN3O. The molecule has 2 heterocycles. The minimum atomic E-state index is -0.494. The standard InChI is InChI=1S/C23H22FN3O/c24-22-13-17(4-5-19(22)14-25)21-3-1-2-18(12-20-15-27-10-11-28-20)23(21)16-6-8-26-9-7-16/h1-8,13,20,26-27H,9-12,15H2. The number of benzene rings is 2. The summed E-state index contributed by atoms with van der Waals surface area (Å²) in [6, 6.07) is 12.8. The van der Waals surface area contributed by atoms with Gasteiger partial charge >= 0.3 is 0 Å². The Morgan fingerprint density at radius 1 is 1.25 bits per heavy atom. The van der Waals surface area contributed by atoms with Crippen LogP contribution in [0.15, 0.2) is 54.8 Å². The number of rotatable bonds is 4. The lowest BCUT2D eigenvalue weighted by Gasteiger charge is -2.26. The molecule has 4 rings (SSSR count). The van der Waals surface area contributed by atoms with E-state index in [4.69, 9.17) is 10.00 Å². The summed E-state index contributed by atoms with van der Waals surface area (Å²) in [4.78, 5) is 0. The second-order valence-electron chi connectivity index (χ2n) is 6.95. The fourth-order valence-corrected chi connectivity index (χ4v) is 3.76. The second-order valence-corrected chi connectivity index (χ2v) is 6.95. The molecule has 1 saturated heterocycles. The minimum Gasteiger partial charge on any atom is -0.387 e. The molecule has 2 aromatic rings. The van der Waals surface area contributed by atoms with Crippen molar-refractivity contribution in [3.05, 3.63) is 77.3 Å². The number of ether oxygens (including phenoxy) is 1. The van der Waals surface area contributed by atoms with Gasteiger partial charge in [-0.05, 0) is 52.2 Å². The summed E-state index contributed by atoms with van der Waals surface area (Å²) < 4.78 is 20.2. The highest BCUT2D eigenvalue weighted by atomic mass is 19.1. The summed E-state index contributed by atoms with van der Waals surface area (Å²) in [7, 11) is 0. The maximum Gasteiger partial charge on any atom is 0.141 e. The van der Waals surface area contributed by atoms with E-state index in [2.05, 4.69) is 22.8 Å². The highest BCUT2D eigenvalue weighted by Gasteiger charge is 2.20. The molecule has 0 bridgehead atoms. The van der Waals surface area contributed by atoms with Crippen LogP contribution in [0.1, 0.15) is 16.7 Å². The van der Waals surface area contributed by atoms with Crippen molar-refractivity contribution in [1.82, 2.24) is 10.6 Å². The van der Waals surface area contributed by atoms with Gasteiger partial charge in [0.25, 0.3) is 0 Å². The first-order valence-corrected chi connectivity index (χ1v) is 9.51. The molecule has 1 unspecified atom stereocenters. The molecule has 1 atom stereocenters. The molecule has 1 fully saturated rings. The number of hydrogen-bond donors (Lipinski definition) is 2. The first-order valence-electron chi connectivity index (χ1n) is 9.51. The Hall–Kier alpha value is -2.94. The Morgan fingerprint density at radius 2 is 2.18 bits per heavy atom. The van der Waals surface area contributed by atoms with Crippen molar-refractivity contribution in [2.24, 2.45) is 0 Å². The number of halogens is 1. The molecule has 0 radical (unpaired) electrons. The van der Waals surface area contributed by atoms with Gasteiger partial charge in [0.2, 0.25) is 0 Å². The Kier molecular flexibility index (Phi) is 5.52. The van der Waals surface area contributed by atoms with Gasteiger partial charge in [-0.3, -0.25) is 0 Å². The van der Waals surface area contributed by atoms with E-state index in [0.717, 1.165) is 48.3 Å². The smallest absolute Gasteiger partial charge is 0.141 e. The highest BCUT2D eigenvalue weighted by molar-refractivity contribution is 5.88. The largest absolute Gasteiger partial charge is 0.387 e. The molecule has 142 valence electrons. The van der Waals surface area contributed by atoms with E-state index in [0.29, 0.717) is 6.61 Å². The number of nitrogens with zero attached hydrogens (tertiary/aromatic N) is 1. The molecule has 28 heavy (non-hydrogen) atoms.